The van der Waals surface area contributed by atoms with Crippen LogP contribution in [-0.4, -0.2) is 6.71 Å². The highest BCUT2D eigenvalue weighted by atomic mass is 15.2. The van der Waals surface area contributed by atoms with Crippen LogP contribution < -0.4 is 26.2 Å². The maximum Gasteiger partial charge on any atom is 0.252 e. The van der Waals surface area contributed by atoms with Crippen molar-refractivity contribution in [3.8, 4) is 22.3 Å². The average Bonchev–Trinajstić information content (AvgIpc) is 3.62. The summed E-state index contributed by atoms with van der Waals surface area (Å²) in [7, 11) is 0. The maximum absolute atomic E-state index is 2.77. The van der Waals surface area contributed by atoms with E-state index < -0.39 is 0 Å². The molecule has 0 radical (unpaired) electrons. The molecule has 0 bridgehead atoms. The fourth-order valence-electron chi connectivity index (χ4n) is 15.2. The Morgan fingerprint density at radius 3 is 1.31 bits per heavy atom. The van der Waals surface area contributed by atoms with Gasteiger partial charge in [-0.2, -0.15) is 0 Å². The molecule has 0 aromatic heterocycles. The Morgan fingerprint density at radius 1 is 0.389 bits per heavy atom. The summed E-state index contributed by atoms with van der Waals surface area (Å²) in [5.41, 5.74) is 28.9. The molecule has 3 heteroatoms. The molecule has 5 aliphatic rings. The second-order valence-electron chi connectivity index (χ2n) is 28.0. The SMILES string of the molecule is Cc1cc2c(cc1N1c3cc4c(cc3B3c5cc6c(cc5N(c5ccc(-c7ccccc7)cc5-c5ccccc5)c5cc(C(C)(C)C)cc1c53)C(C)(C)CC6(C)C)C(C)(C)CCC4(C)C)C(C)(C)CC2(C)C. The highest BCUT2D eigenvalue weighted by Gasteiger charge is 2.51. The largest absolute Gasteiger partial charge is 0.311 e. The highest BCUT2D eigenvalue weighted by Crippen LogP contribution is 2.57. The standard InChI is InChI=1S/C69H77BN2/c1-42-31-48-52(68(13,14)40-66(48,9)10)37-57(42)72-59-38-51-49(64(5,6)29-30-65(51,7)8)35-54(59)70-55-36-50-53(69(15,16)41-67(50,11)12)39-58(55)71(60-33-46(63(2,3)4)34-61(72)62(60)70)56-28-27-45(43-23-19-17-20-24-43)32-47(56)44-25-21-18-22-26-44/h17-28,31-39H,29-30,40-41H2,1-16H3. The molecule has 366 valence electrons. The summed E-state index contributed by atoms with van der Waals surface area (Å²) in [5.74, 6) is 0. The first-order valence-corrected chi connectivity index (χ1v) is 27.3. The first-order chi connectivity index (χ1) is 33.7. The minimum Gasteiger partial charge on any atom is -0.311 e. The third kappa shape index (κ3) is 6.94. The van der Waals surface area contributed by atoms with Crippen LogP contribution in [-0.2, 0) is 37.9 Å². The zero-order chi connectivity index (χ0) is 51.0. The molecule has 0 N–H and O–H groups in total. The topological polar surface area (TPSA) is 6.48 Å². The average molecular weight is 945 g/mol. The van der Waals surface area contributed by atoms with E-state index in [0.29, 0.717) is 0 Å². The van der Waals surface area contributed by atoms with Crippen LogP contribution >= 0.6 is 0 Å². The molecule has 0 spiro atoms. The van der Waals surface area contributed by atoms with Gasteiger partial charge >= 0.3 is 0 Å². The Balaban J connectivity index is 1.25. The van der Waals surface area contributed by atoms with E-state index in [-0.39, 0.29) is 44.6 Å². The van der Waals surface area contributed by atoms with Crippen molar-refractivity contribution in [1.82, 2.24) is 0 Å². The van der Waals surface area contributed by atoms with Gasteiger partial charge in [0.05, 0.1) is 5.69 Å². The quantitative estimate of drug-likeness (QED) is 0.162. The molecule has 7 aromatic carbocycles. The van der Waals surface area contributed by atoms with E-state index in [9.17, 15) is 0 Å². The fourth-order valence-corrected chi connectivity index (χ4v) is 15.2. The Hall–Kier alpha value is -5.80. The summed E-state index contributed by atoms with van der Waals surface area (Å²) in [6.07, 6.45) is 4.60. The number of aryl methyl sites for hydroxylation is 1. The van der Waals surface area contributed by atoms with Crippen LogP contribution in [0, 0.1) is 6.92 Å². The van der Waals surface area contributed by atoms with Gasteiger partial charge in [-0.05, 0) is 191 Å². The van der Waals surface area contributed by atoms with Gasteiger partial charge < -0.3 is 9.80 Å². The minimum atomic E-state index is -0.136. The summed E-state index contributed by atoms with van der Waals surface area (Å²) < 4.78 is 0. The second kappa shape index (κ2) is 15.1. The molecule has 0 atom stereocenters. The van der Waals surface area contributed by atoms with E-state index in [4.69, 9.17) is 0 Å². The molecule has 0 unspecified atom stereocenters. The molecule has 12 rings (SSSR count). The van der Waals surface area contributed by atoms with Crippen molar-refractivity contribution in [2.24, 2.45) is 0 Å². The van der Waals surface area contributed by atoms with Gasteiger partial charge in [0.25, 0.3) is 6.71 Å². The normalized spacial score (nSPS) is 19.8. The van der Waals surface area contributed by atoms with Crippen molar-refractivity contribution in [1.29, 1.82) is 0 Å². The van der Waals surface area contributed by atoms with E-state index in [1.807, 2.05) is 0 Å². The molecule has 0 amide bonds. The van der Waals surface area contributed by atoms with E-state index in [2.05, 4.69) is 248 Å². The minimum absolute atomic E-state index is 0.0149. The molecule has 7 aromatic rings. The lowest BCUT2D eigenvalue weighted by molar-refractivity contribution is 0.332. The predicted molar refractivity (Wildman–Crippen MR) is 311 cm³/mol. The molecule has 0 saturated heterocycles. The Kier molecular flexibility index (Phi) is 9.94. The van der Waals surface area contributed by atoms with Crippen molar-refractivity contribution >= 4 is 57.2 Å². The first kappa shape index (κ1) is 47.2. The summed E-state index contributed by atoms with van der Waals surface area (Å²) in [6, 6.07) is 50.6. The van der Waals surface area contributed by atoms with Crippen LogP contribution in [0.25, 0.3) is 22.3 Å². The van der Waals surface area contributed by atoms with Gasteiger partial charge in [0.1, 0.15) is 0 Å². The number of rotatable bonds is 4. The van der Waals surface area contributed by atoms with E-state index in [1.165, 1.54) is 130 Å². The molecule has 0 saturated carbocycles. The van der Waals surface area contributed by atoms with Crippen LogP contribution in [0.4, 0.5) is 34.1 Å². The van der Waals surface area contributed by atoms with Gasteiger partial charge in [0.15, 0.2) is 0 Å². The zero-order valence-electron chi connectivity index (χ0n) is 46.4. The molecular formula is C69H77BN2. The molecule has 3 aliphatic carbocycles. The predicted octanol–water partition coefficient (Wildman–Crippen LogP) is 17.0. The van der Waals surface area contributed by atoms with Gasteiger partial charge in [-0.1, -0.05) is 189 Å². The van der Waals surface area contributed by atoms with Crippen LogP contribution in [0.2, 0.25) is 0 Å². The highest BCUT2D eigenvalue weighted by molar-refractivity contribution is 7.00. The van der Waals surface area contributed by atoms with Crippen molar-refractivity contribution in [2.45, 2.75) is 174 Å². The first-order valence-electron chi connectivity index (χ1n) is 27.3. The van der Waals surface area contributed by atoms with Crippen molar-refractivity contribution in [3.05, 3.63) is 172 Å². The van der Waals surface area contributed by atoms with E-state index in [0.717, 1.165) is 12.8 Å². The van der Waals surface area contributed by atoms with Crippen LogP contribution in [0.3, 0.4) is 0 Å². The number of nitrogens with zero attached hydrogens (tertiary/aromatic N) is 2. The molecule has 2 heterocycles. The molecule has 2 aliphatic heterocycles. The van der Waals surface area contributed by atoms with Crippen molar-refractivity contribution in [3.63, 3.8) is 0 Å². The lowest BCUT2D eigenvalue weighted by Crippen LogP contribution is -2.62. The molecule has 2 nitrogen and oxygen atoms in total. The summed E-state index contributed by atoms with van der Waals surface area (Å²) in [4.78, 5) is 5.50. The number of hydrogen-bond acceptors (Lipinski definition) is 2. The van der Waals surface area contributed by atoms with Crippen LogP contribution in [0.5, 0.6) is 0 Å². The maximum atomic E-state index is 2.77. The van der Waals surface area contributed by atoms with Gasteiger partial charge in [-0.15, -0.1) is 0 Å². The Labute approximate surface area is 433 Å². The third-order valence-electron chi connectivity index (χ3n) is 18.7. The fraction of sp³-hybridized carbons (Fsp3) is 0.391. The lowest BCUT2D eigenvalue weighted by atomic mass is 9.32. The van der Waals surface area contributed by atoms with Gasteiger partial charge in [-0.3, -0.25) is 0 Å². The Morgan fingerprint density at radius 2 is 0.806 bits per heavy atom. The van der Waals surface area contributed by atoms with Crippen molar-refractivity contribution < 1.29 is 0 Å². The third-order valence-corrected chi connectivity index (χ3v) is 18.7. The molecular weight excluding hydrogens is 868 g/mol. The van der Waals surface area contributed by atoms with Crippen LogP contribution in [0.1, 0.15) is 174 Å². The Bertz CT molecular complexity index is 3410. The monoisotopic (exact) mass is 945 g/mol. The number of hydrogen-bond donors (Lipinski definition) is 0. The number of anilines is 6. The van der Waals surface area contributed by atoms with E-state index >= 15 is 0 Å². The summed E-state index contributed by atoms with van der Waals surface area (Å²) in [6.45, 7) is 39.5. The van der Waals surface area contributed by atoms with Gasteiger partial charge in [-0.25, -0.2) is 0 Å². The van der Waals surface area contributed by atoms with E-state index in [1.54, 1.807) is 0 Å². The van der Waals surface area contributed by atoms with Crippen molar-refractivity contribution in [2.75, 3.05) is 9.80 Å². The summed E-state index contributed by atoms with van der Waals surface area (Å²) >= 11 is 0. The number of fused-ring (bicyclic) bond motifs is 7. The van der Waals surface area contributed by atoms with Gasteiger partial charge in [0, 0.05) is 34.0 Å². The smallest absolute Gasteiger partial charge is 0.252 e. The lowest BCUT2D eigenvalue weighted by Gasteiger charge is -2.48. The second-order valence-corrected chi connectivity index (χ2v) is 28.0. The summed E-state index contributed by atoms with van der Waals surface area (Å²) in [5, 5.41) is 0. The number of benzene rings is 7. The molecule has 72 heavy (non-hydrogen) atoms. The van der Waals surface area contributed by atoms with Crippen LogP contribution in [0.15, 0.2) is 127 Å². The zero-order valence-corrected chi connectivity index (χ0v) is 46.4. The molecule has 0 fully saturated rings. The van der Waals surface area contributed by atoms with Gasteiger partial charge in [0.2, 0.25) is 0 Å².